The summed E-state index contributed by atoms with van der Waals surface area (Å²) in [5, 5.41) is 3.27. The molecule has 0 aromatic heterocycles. The van der Waals surface area contributed by atoms with E-state index in [2.05, 4.69) is 26.1 Å². The van der Waals surface area contributed by atoms with E-state index in [-0.39, 0.29) is 10.9 Å². The Hall–Kier alpha value is -1.17. The van der Waals surface area contributed by atoms with Crippen LogP contribution in [0.2, 0.25) is 0 Å². The lowest BCUT2D eigenvalue weighted by Crippen LogP contribution is -2.25. The number of halogens is 2. The number of anilines is 1. The zero-order valence-corrected chi connectivity index (χ0v) is 12.8. The van der Waals surface area contributed by atoms with Gasteiger partial charge in [0.1, 0.15) is 0 Å². The lowest BCUT2D eigenvalue weighted by atomic mass is 9.95. The van der Waals surface area contributed by atoms with Gasteiger partial charge in [-0.25, -0.2) is 8.42 Å². The van der Waals surface area contributed by atoms with E-state index in [1.807, 2.05) is 0 Å². The van der Waals surface area contributed by atoms with Crippen LogP contribution in [-0.2, 0) is 9.84 Å². The second-order valence-corrected chi connectivity index (χ2v) is 6.76. The van der Waals surface area contributed by atoms with Gasteiger partial charge in [-0.2, -0.15) is 8.78 Å². The van der Waals surface area contributed by atoms with Gasteiger partial charge < -0.3 is 5.32 Å². The lowest BCUT2D eigenvalue weighted by Gasteiger charge is -2.23. The van der Waals surface area contributed by atoms with Crippen LogP contribution in [0.1, 0.15) is 33.6 Å². The molecule has 1 aromatic rings. The Morgan fingerprint density at radius 3 is 2.00 bits per heavy atom. The van der Waals surface area contributed by atoms with Crippen LogP contribution >= 0.6 is 0 Å². The van der Waals surface area contributed by atoms with Crippen molar-refractivity contribution in [3.8, 4) is 0 Å². The van der Waals surface area contributed by atoms with E-state index in [0.717, 1.165) is 18.5 Å². The van der Waals surface area contributed by atoms with Crippen LogP contribution in [0.5, 0.6) is 0 Å². The SMILES string of the molecule is CCC(CC)C(C)Nc1ccc(S(=O)(=O)C(F)F)cc1. The molecular formula is C14H21F2NO2S. The smallest absolute Gasteiger partial charge is 0.341 e. The van der Waals surface area contributed by atoms with Gasteiger partial charge >= 0.3 is 5.76 Å². The first-order valence-corrected chi connectivity index (χ1v) is 8.26. The Kier molecular flexibility index (Phi) is 5.92. The third-order valence-corrected chi connectivity index (χ3v) is 4.97. The third-order valence-electron chi connectivity index (χ3n) is 3.57. The minimum absolute atomic E-state index is 0.238. The Morgan fingerprint density at radius 1 is 1.10 bits per heavy atom. The summed E-state index contributed by atoms with van der Waals surface area (Å²) < 4.78 is 47.4. The zero-order valence-electron chi connectivity index (χ0n) is 11.9. The largest absolute Gasteiger partial charge is 0.382 e. The predicted octanol–water partition coefficient (Wildman–Crippen LogP) is 3.92. The van der Waals surface area contributed by atoms with E-state index in [0.29, 0.717) is 5.92 Å². The standard InChI is InChI=1S/C14H21F2NO2S/c1-4-11(5-2)10(3)17-12-6-8-13(9-7-12)20(18,19)14(15)16/h6-11,14,17H,4-5H2,1-3H3. The summed E-state index contributed by atoms with van der Waals surface area (Å²) in [5.74, 6) is -2.87. The van der Waals surface area contributed by atoms with Gasteiger partial charge in [-0.1, -0.05) is 26.7 Å². The van der Waals surface area contributed by atoms with Crippen LogP contribution in [0.4, 0.5) is 14.5 Å². The molecule has 114 valence electrons. The van der Waals surface area contributed by atoms with Crippen molar-refractivity contribution in [2.24, 2.45) is 5.92 Å². The monoisotopic (exact) mass is 305 g/mol. The van der Waals surface area contributed by atoms with Crippen LogP contribution in [0, 0.1) is 5.92 Å². The number of rotatable bonds is 7. The van der Waals surface area contributed by atoms with Crippen LogP contribution < -0.4 is 5.32 Å². The van der Waals surface area contributed by atoms with Gasteiger partial charge in [-0.3, -0.25) is 0 Å². The predicted molar refractivity (Wildman–Crippen MR) is 76.8 cm³/mol. The Labute approximate surface area is 119 Å². The van der Waals surface area contributed by atoms with Crippen molar-refractivity contribution in [3.63, 3.8) is 0 Å². The fourth-order valence-corrected chi connectivity index (χ4v) is 2.94. The number of hydrogen-bond donors (Lipinski definition) is 1. The van der Waals surface area contributed by atoms with Gasteiger partial charge in [0, 0.05) is 11.7 Å². The minimum Gasteiger partial charge on any atom is -0.382 e. The van der Waals surface area contributed by atoms with Gasteiger partial charge in [0.15, 0.2) is 0 Å². The summed E-state index contributed by atoms with van der Waals surface area (Å²) >= 11 is 0. The molecule has 0 aliphatic carbocycles. The topological polar surface area (TPSA) is 46.2 Å². The van der Waals surface area contributed by atoms with Crippen LogP contribution in [0.3, 0.4) is 0 Å². The summed E-state index contributed by atoms with van der Waals surface area (Å²) in [7, 11) is -4.51. The highest BCUT2D eigenvalue weighted by Crippen LogP contribution is 2.22. The number of benzene rings is 1. The van der Waals surface area contributed by atoms with E-state index >= 15 is 0 Å². The molecule has 0 radical (unpaired) electrons. The number of alkyl halides is 2. The van der Waals surface area contributed by atoms with Gasteiger partial charge in [0.25, 0.3) is 0 Å². The van der Waals surface area contributed by atoms with E-state index in [1.165, 1.54) is 24.3 Å². The van der Waals surface area contributed by atoms with E-state index < -0.39 is 15.6 Å². The summed E-state index contributed by atoms with van der Waals surface area (Å²) in [6.07, 6.45) is 2.09. The maximum absolute atomic E-state index is 12.4. The van der Waals surface area contributed by atoms with Crippen molar-refractivity contribution in [2.45, 2.75) is 50.3 Å². The normalized spacial score (nSPS) is 13.8. The van der Waals surface area contributed by atoms with Crippen molar-refractivity contribution in [3.05, 3.63) is 24.3 Å². The molecule has 0 spiro atoms. The summed E-state index contributed by atoms with van der Waals surface area (Å²) in [6, 6.07) is 5.71. The summed E-state index contributed by atoms with van der Waals surface area (Å²) in [4.78, 5) is -0.353. The first-order valence-electron chi connectivity index (χ1n) is 6.71. The second kappa shape index (κ2) is 7.02. The molecular weight excluding hydrogens is 284 g/mol. The highest BCUT2D eigenvalue weighted by Gasteiger charge is 2.26. The fourth-order valence-electron chi connectivity index (χ4n) is 2.22. The average Bonchev–Trinajstić information content (AvgIpc) is 2.40. The maximum atomic E-state index is 12.4. The van der Waals surface area contributed by atoms with Crippen molar-refractivity contribution >= 4 is 15.5 Å². The maximum Gasteiger partial charge on any atom is 0.341 e. The first kappa shape index (κ1) is 16.9. The quantitative estimate of drug-likeness (QED) is 0.830. The van der Waals surface area contributed by atoms with Crippen molar-refractivity contribution in [1.29, 1.82) is 0 Å². The molecule has 0 bridgehead atoms. The summed E-state index contributed by atoms with van der Waals surface area (Å²) in [6.45, 7) is 6.29. The van der Waals surface area contributed by atoms with Crippen molar-refractivity contribution < 1.29 is 17.2 Å². The number of hydrogen-bond acceptors (Lipinski definition) is 3. The van der Waals surface area contributed by atoms with E-state index in [1.54, 1.807) is 0 Å². The molecule has 0 saturated heterocycles. The molecule has 1 N–H and O–H groups in total. The molecule has 1 rings (SSSR count). The first-order chi connectivity index (χ1) is 9.32. The molecule has 0 aliphatic rings. The summed E-state index contributed by atoms with van der Waals surface area (Å²) in [5.41, 5.74) is 0.734. The highest BCUT2D eigenvalue weighted by molar-refractivity contribution is 7.91. The van der Waals surface area contributed by atoms with Gasteiger partial charge in [0.2, 0.25) is 9.84 Å². The van der Waals surface area contributed by atoms with Gasteiger partial charge in [-0.05, 0) is 37.1 Å². The molecule has 20 heavy (non-hydrogen) atoms. The molecule has 0 amide bonds. The van der Waals surface area contributed by atoms with Gasteiger partial charge in [0.05, 0.1) is 4.90 Å². The number of nitrogens with one attached hydrogen (secondary N) is 1. The molecule has 3 nitrogen and oxygen atoms in total. The molecule has 1 aromatic carbocycles. The van der Waals surface area contributed by atoms with Crippen LogP contribution in [0.25, 0.3) is 0 Å². The highest BCUT2D eigenvalue weighted by atomic mass is 32.2. The number of sulfone groups is 1. The van der Waals surface area contributed by atoms with Crippen LogP contribution in [0.15, 0.2) is 29.2 Å². The molecule has 0 saturated carbocycles. The van der Waals surface area contributed by atoms with E-state index in [4.69, 9.17) is 0 Å². The van der Waals surface area contributed by atoms with Crippen LogP contribution in [-0.4, -0.2) is 20.2 Å². The molecule has 6 heteroatoms. The lowest BCUT2D eigenvalue weighted by molar-refractivity contribution is 0.234. The zero-order chi connectivity index (χ0) is 15.3. The fraction of sp³-hybridized carbons (Fsp3) is 0.571. The second-order valence-electron chi connectivity index (χ2n) is 4.84. The van der Waals surface area contributed by atoms with E-state index in [9.17, 15) is 17.2 Å². The molecule has 0 heterocycles. The molecule has 1 atom stereocenters. The van der Waals surface area contributed by atoms with Crippen molar-refractivity contribution in [2.75, 3.05) is 5.32 Å². The Morgan fingerprint density at radius 2 is 1.60 bits per heavy atom. The Bertz CT molecular complexity index is 510. The minimum atomic E-state index is -4.51. The molecule has 1 unspecified atom stereocenters. The average molecular weight is 305 g/mol. The van der Waals surface area contributed by atoms with Crippen molar-refractivity contribution in [1.82, 2.24) is 0 Å². The van der Waals surface area contributed by atoms with Gasteiger partial charge in [-0.15, -0.1) is 0 Å². The Balaban J connectivity index is 2.83. The third kappa shape index (κ3) is 3.91. The molecule has 0 aliphatic heterocycles. The molecule has 0 fully saturated rings.